The number of carbonyl (C=O) groups excluding carboxylic acids is 3. The Morgan fingerprint density at radius 1 is 1.02 bits per heavy atom. The van der Waals surface area contributed by atoms with Gasteiger partial charge >= 0.3 is 12.1 Å². The Kier molecular flexibility index (Phi) is 9.59. The Balaban J connectivity index is 1.36. The minimum absolute atomic E-state index is 0.00801. The molecule has 1 aromatic heterocycles. The lowest BCUT2D eigenvalue weighted by molar-refractivity contribution is -0.385. The van der Waals surface area contributed by atoms with Gasteiger partial charge in [-0.3, -0.25) is 24.6 Å². The zero-order valence-corrected chi connectivity index (χ0v) is 27.7. The third-order valence-corrected chi connectivity index (χ3v) is 9.11. The first-order valence-electron chi connectivity index (χ1n) is 16.2. The number of rotatable bonds is 11. The number of hydrogen-bond acceptors (Lipinski definition) is 9. The van der Waals surface area contributed by atoms with Crippen molar-refractivity contribution in [2.45, 2.75) is 64.9 Å². The maximum atomic E-state index is 14.6. The maximum absolute atomic E-state index is 14.6. The van der Waals surface area contributed by atoms with Gasteiger partial charge in [0.25, 0.3) is 5.69 Å². The molecule has 1 fully saturated rings. The first-order valence-corrected chi connectivity index (χ1v) is 16.2. The summed E-state index contributed by atoms with van der Waals surface area (Å²) in [6.07, 6.45) is 1.69. The van der Waals surface area contributed by atoms with Crippen molar-refractivity contribution in [3.63, 3.8) is 0 Å². The predicted molar refractivity (Wildman–Crippen MR) is 179 cm³/mol. The summed E-state index contributed by atoms with van der Waals surface area (Å²) in [4.78, 5) is 54.4. The summed E-state index contributed by atoms with van der Waals surface area (Å²) in [6.45, 7) is 4.75. The van der Waals surface area contributed by atoms with Crippen LogP contribution in [0.15, 0.2) is 78.9 Å². The van der Waals surface area contributed by atoms with Gasteiger partial charge < -0.3 is 14.2 Å². The van der Waals surface area contributed by atoms with E-state index in [1.807, 2.05) is 24.3 Å². The molecule has 0 radical (unpaired) electrons. The average molecular weight is 667 g/mol. The largest absolute Gasteiger partial charge is 0.460 e. The second kappa shape index (κ2) is 14.0. The zero-order valence-electron chi connectivity index (χ0n) is 27.7. The van der Waals surface area contributed by atoms with E-state index in [1.54, 1.807) is 41.1 Å². The van der Waals surface area contributed by atoms with E-state index in [2.05, 4.69) is 13.8 Å². The average Bonchev–Trinajstić information content (AvgIpc) is 3.43. The van der Waals surface area contributed by atoms with Gasteiger partial charge in [-0.15, -0.1) is 0 Å². The molecular formula is C37H38N4O8. The number of anilines is 1. The van der Waals surface area contributed by atoms with Gasteiger partial charge in [0.15, 0.2) is 12.1 Å². The maximum Gasteiger partial charge on any atom is 0.414 e. The van der Waals surface area contributed by atoms with E-state index >= 15 is 0 Å². The predicted octanol–water partition coefficient (Wildman–Crippen LogP) is 6.71. The summed E-state index contributed by atoms with van der Waals surface area (Å²) >= 11 is 0. The molecule has 2 heterocycles. The Morgan fingerprint density at radius 3 is 2.24 bits per heavy atom. The molecule has 0 saturated carbocycles. The molecule has 2 unspecified atom stereocenters. The standard InChI is InChI=1S/C37H38N4O8/c1-37(2)18-16-28-30(21-37)40(31-17-19-47-31)38-33(28)34(42)32(35(43)48-22-24-10-6-4-7-11-24)27-15-14-26(20-29(27)41(45)46)39(3)36(44)49-23-25-12-8-5-9-13-25/h4-15,20,31-32H,16-19,21-23H2,1-3H3. The highest BCUT2D eigenvalue weighted by Crippen LogP contribution is 2.41. The van der Waals surface area contributed by atoms with Crippen molar-refractivity contribution in [3.8, 4) is 0 Å². The van der Waals surface area contributed by atoms with Crippen LogP contribution in [-0.2, 0) is 45.1 Å². The van der Waals surface area contributed by atoms with Gasteiger partial charge in [-0.05, 0) is 47.9 Å². The lowest BCUT2D eigenvalue weighted by Gasteiger charge is -2.33. The van der Waals surface area contributed by atoms with Gasteiger partial charge in [0, 0.05) is 30.8 Å². The quantitative estimate of drug-likeness (QED) is 0.0561. The van der Waals surface area contributed by atoms with Crippen LogP contribution in [0, 0.1) is 15.5 Å². The highest BCUT2D eigenvalue weighted by atomic mass is 16.6. The molecule has 254 valence electrons. The first-order chi connectivity index (χ1) is 23.5. The fourth-order valence-corrected chi connectivity index (χ4v) is 6.20. The minimum Gasteiger partial charge on any atom is -0.460 e. The normalized spacial score (nSPS) is 16.8. The molecule has 2 atom stereocenters. The second-order valence-electron chi connectivity index (χ2n) is 13.2. The van der Waals surface area contributed by atoms with Crippen LogP contribution in [0.3, 0.4) is 0 Å². The number of nitro benzene ring substituents is 1. The molecule has 0 bridgehead atoms. The van der Waals surface area contributed by atoms with Crippen molar-refractivity contribution in [2.75, 3.05) is 18.6 Å². The molecular weight excluding hydrogens is 628 g/mol. The number of ether oxygens (including phenoxy) is 3. The number of nitro groups is 1. The topological polar surface area (TPSA) is 143 Å². The number of esters is 1. The molecule has 1 saturated heterocycles. The van der Waals surface area contributed by atoms with Crippen LogP contribution in [0.2, 0.25) is 0 Å². The number of aromatic nitrogens is 2. The number of hydrogen-bond donors (Lipinski definition) is 0. The second-order valence-corrected chi connectivity index (χ2v) is 13.2. The number of nitrogens with zero attached hydrogens (tertiary/aromatic N) is 4. The molecule has 2 aliphatic rings. The highest BCUT2D eigenvalue weighted by molar-refractivity contribution is 6.13. The van der Waals surface area contributed by atoms with Gasteiger partial charge in [-0.2, -0.15) is 5.10 Å². The third-order valence-electron chi connectivity index (χ3n) is 9.11. The summed E-state index contributed by atoms with van der Waals surface area (Å²) in [6, 6.07) is 22.0. The molecule has 12 heteroatoms. The van der Waals surface area contributed by atoms with Crippen LogP contribution < -0.4 is 4.90 Å². The monoisotopic (exact) mass is 666 g/mol. The number of carbonyl (C=O) groups is 3. The highest BCUT2D eigenvalue weighted by Gasteiger charge is 2.42. The van der Waals surface area contributed by atoms with Crippen molar-refractivity contribution in [1.29, 1.82) is 0 Å². The lowest BCUT2D eigenvalue weighted by Crippen LogP contribution is -2.30. The molecule has 1 amide bonds. The molecule has 4 aromatic rings. The van der Waals surface area contributed by atoms with E-state index in [1.165, 1.54) is 19.2 Å². The number of ketones is 1. The summed E-state index contributed by atoms with van der Waals surface area (Å²) in [5.74, 6) is -3.34. The molecule has 12 nitrogen and oxygen atoms in total. The van der Waals surface area contributed by atoms with Crippen molar-refractivity contribution < 1.29 is 33.5 Å². The molecule has 0 spiro atoms. The van der Waals surface area contributed by atoms with Gasteiger partial charge in [0.05, 0.1) is 22.8 Å². The van der Waals surface area contributed by atoms with Crippen LogP contribution in [0.25, 0.3) is 0 Å². The number of amides is 1. The molecule has 49 heavy (non-hydrogen) atoms. The van der Waals surface area contributed by atoms with Crippen LogP contribution in [0.4, 0.5) is 16.2 Å². The summed E-state index contributed by atoms with van der Waals surface area (Å²) in [7, 11) is 1.42. The van der Waals surface area contributed by atoms with E-state index in [9.17, 15) is 24.5 Å². The number of Topliss-reactive ketones (excluding diaryl/α,β-unsaturated/α-hetero) is 1. The van der Waals surface area contributed by atoms with Gasteiger partial charge in [-0.25, -0.2) is 9.48 Å². The summed E-state index contributed by atoms with van der Waals surface area (Å²) < 4.78 is 18.5. The van der Waals surface area contributed by atoms with Crippen LogP contribution in [0.5, 0.6) is 0 Å². The first kappa shape index (κ1) is 33.5. The van der Waals surface area contributed by atoms with Crippen molar-refractivity contribution in [2.24, 2.45) is 5.41 Å². The molecule has 1 aliphatic carbocycles. The van der Waals surface area contributed by atoms with E-state index in [-0.39, 0.29) is 41.8 Å². The molecule has 0 N–H and O–H groups in total. The van der Waals surface area contributed by atoms with E-state index in [4.69, 9.17) is 19.3 Å². The van der Waals surface area contributed by atoms with Crippen LogP contribution in [-0.4, -0.2) is 46.2 Å². The van der Waals surface area contributed by atoms with Gasteiger partial charge in [0.1, 0.15) is 18.9 Å². The Bertz CT molecular complexity index is 1870. The zero-order chi connectivity index (χ0) is 34.7. The number of fused-ring (bicyclic) bond motifs is 1. The Morgan fingerprint density at radius 2 is 1.65 bits per heavy atom. The SMILES string of the molecule is CN(C(=O)OCc1ccccc1)c1ccc(C(C(=O)OCc2ccccc2)C(=O)c2nn(C3CCO3)c3c2CCC(C)(C)C3)c([N+](=O)[O-])c1. The Hall–Kier alpha value is -5.36. The molecule has 1 aliphatic heterocycles. The fourth-order valence-electron chi connectivity index (χ4n) is 6.20. The fraction of sp³-hybridized carbons (Fsp3) is 0.351. The van der Waals surface area contributed by atoms with Crippen LogP contribution in [0.1, 0.15) is 77.3 Å². The minimum atomic E-state index is -1.70. The molecule has 3 aromatic carbocycles. The van der Waals surface area contributed by atoms with Crippen molar-refractivity contribution in [1.82, 2.24) is 9.78 Å². The van der Waals surface area contributed by atoms with E-state index in [0.717, 1.165) is 40.6 Å². The van der Waals surface area contributed by atoms with Crippen molar-refractivity contribution in [3.05, 3.63) is 123 Å². The smallest absolute Gasteiger partial charge is 0.414 e. The van der Waals surface area contributed by atoms with E-state index in [0.29, 0.717) is 25.0 Å². The lowest BCUT2D eigenvalue weighted by atomic mass is 9.75. The Labute approximate surface area is 283 Å². The summed E-state index contributed by atoms with van der Waals surface area (Å²) in [5.41, 5.74) is 2.57. The van der Waals surface area contributed by atoms with Crippen molar-refractivity contribution >= 4 is 29.2 Å². The van der Waals surface area contributed by atoms with E-state index < -0.39 is 34.4 Å². The molecule has 6 rings (SSSR count). The van der Waals surface area contributed by atoms with Crippen LogP contribution >= 0.6 is 0 Å². The summed E-state index contributed by atoms with van der Waals surface area (Å²) in [5, 5.41) is 17.3. The number of benzene rings is 3. The van der Waals surface area contributed by atoms with Gasteiger partial charge in [-0.1, -0.05) is 74.5 Å². The van der Waals surface area contributed by atoms with Gasteiger partial charge in [0.2, 0.25) is 5.78 Å². The third kappa shape index (κ3) is 7.24.